The Kier molecular flexibility index (Phi) is 74.7. The first-order chi connectivity index (χ1) is 50.8. The second-order valence-corrected chi connectivity index (χ2v) is 35.0. The molecule has 17 nitrogen and oxygen atoms in total. The van der Waals surface area contributed by atoms with Gasteiger partial charge in [-0.1, -0.05) is 402 Å². The Morgan fingerprint density at radius 1 is 0.276 bits per heavy atom. The first kappa shape index (κ1) is 103. The molecule has 0 aliphatic rings. The Bertz CT molecular complexity index is 2030. The highest BCUT2D eigenvalue weighted by atomic mass is 31.2. The summed E-state index contributed by atoms with van der Waals surface area (Å²) in [4.78, 5) is 73.3. The maximum atomic E-state index is 13.1. The molecule has 0 aromatic carbocycles. The van der Waals surface area contributed by atoms with E-state index in [1.54, 1.807) is 0 Å². The number of aliphatic hydroxyl groups excluding tert-OH is 1. The van der Waals surface area contributed by atoms with E-state index < -0.39 is 97.5 Å². The summed E-state index contributed by atoms with van der Waals surface area (Å²) in [5.74, 6) is 0.248. The van der Waals surface area contributed by atoms with E-state index in [9.17, 15) is 43.2 Å². The van der Waals surface area contributed by atoms with Crippen LogP contribution in [0, 0.1) is 17.8 Å². The quantitative estimate of drug-likeness (QED) is 0.0222. The Balaban J connectivity index is 5.25. The average Bonchev–Trinajstić information content (AvgIpc) is 0.937. The number of rotatable bonds is 84. The van der Waals surface area contributed by atoms with E-state index in [0.717, 1.165) is 108 Å². The first-order valence-electron chi connectivity index (χ1n) is 44.4. The Hall–Kier alpha value is -1.94. The van der Waals surface area contributed by atoms with Crippen molar-refractivity contribution in [2.45, 2.75) is 471 Å². The number of hydrogen-bond acceptors (Lipinski definition) is 15. The van der Waals surface area contributed by atoms with Crippen molar-refractivity contribution >= 4 is 39.5 Å². The van der Waals surface area contributed by atoms with Gasteiger partial charge in [0.2, 0.25) is 0 Å². The van der Waals surface area contributed by atoms with E-state index in [4.69, 9.17) is 37.0 Å². The van der Waals surface area contributed by atoms with Crippen LogP contribution in [0.25, 0.3) is 0 Å². The van der Waals surface area contributed by atoms with Crippen molar-refractivity contribution in [2.24, 2.45) is 17.8 Å². The lowest BCUT2D eigenvalue weighted by Crippen LogP contribution is -2.30. The highest BCUT2D eigenvalue weighted by Crippen LogP contribution is 2.45. The third kappa shape index (κ3) is 78.5. The van der Waals surface area contributed by atoms with E-state index in [1.165, 1.54) is 263 Å². The van der Waals surface area contributed by atoms with Gasteiger partial charge in [-0.25, -0.2) is 9.13 Å². The van der Waals surface area contributed by atoms with Crippen molar-refractivity contribution in [3.8, 4) is 0 Å². The minimum atomic E-state index is -4.97. The Morgan fingerprint density at radius 2 is 0.486 bits per heavy atom. The monoisotopic (exact) mass is 1540 g/mol. The number of phosphoric ester groups is 2. The average molecular weight is 1540 g/mol. The minimum Gasteiger partial charge on any atom is -0.462 e. The van der Waals surface area contributed by atoms with Gasteiger partial charge in [-0.05, 0) is 43.4 Å². The SMILES string of the molecule is CCCCCCCCCCCCCCCCCCCCCCCC(=O)O[C@H](COC(=O)CCCCCCCCCCCCCCCCC(C)C)COP(=O)(O)OC[C@@H](O)COP(=O)(O)OC[C@@H](COC(=O)CCCCCCCCCCC(C)CC)OC(=O)CCCCCCCCCCCCCCC(C)C. The minimum absolute atomic E-state index is 0.107. The molecule has 0 aliphatic heterocycles. The van der Waals surface area contributed by atoms with Gasteiger partial charge in [0, 0.05) is 25.7 Å². The van der Waals surface area contributed by atoms with Gasteiger partial charge in [0.05, 0.1) is 26.4 Å². The van der Waals surface area contributed by atoms with Crippen molar-refractivity contribution in [1.29, 1.82) is 0 Å². The first-order valence-corrected chi connectivity index (χ1v) is 47.4. The number of unbranched alkanes of at least 4 members (excludes halogenated alkanes) is 51. The van der Waals surface area contributed by atoms with Crippen LogP contribution in [0.1, 0.15) is 453 Å². The standard InChI is InChI=1S/C86H168O17P2/c1-8-10-11-12-13-14-15-16-17-18-19-20-21-22-23-28-34-39-48-55-62-69-85(90)102-81(73-96-83(88)67-60-53-46-38-33-27-25-24-26-31-36-43-50-57-64-77(3)4)75-100-104(92,93)98-71-80(87)72-99-105(94,95)101-76-82(74-97-84(89)68-61-54-47-42-41-45-52-59-66-79(7)9-2)103-86(91)70-63-56-49-40-35-30-29-32-37-44-51-58-65-78(5)6/h77-82,87H,8-76H2,1-7H3,(H,92,93)(H,94,95)/t79?,80-,81-,82-/m1/s1. The predicted molar refractivity (Wildman–Crippen MR) is 432 cm³/mol. The smallest absolute Gasteiger partial charge is 0.462 e. The van der Waals surface area contributed by atoms with E-state index in [1.807, 2.05) is 0 Å². The van der Waals surface area contributed by atoms with Crippen molar-refractivity contribution in [3.05, 3.63) is 0 Å². The number of esters is 4. The summed E-state index contributed by atoms with van der Waals surface area (Å²) in [7, 11) is -9.93. The number of phosphoric acid groups is 2. The van der Waals surface area contributed by atoms with Crippen LogP contribution in [-0.2, 0) is 65.4 Å². The van der Waals surface area contributed by atoms with Crippen LogP contribution in [0.5, 0.6) is 0 Å². The number of carbonyl (C=O) groups is 4. The molecule has 624 valence electrons. The largest absolute Gasteiger partial charge is 0.472 e. The second kappa shape index (κ2) is 76.1. The molecule has 0 saturated heterocycles. The third-order valence-corrected chi connectivity index (χ3v) is 22.4. The van der Waals surface area contributed by atoms with Gasteiger partial charge in [0.1, 0.15) is 19.3 Å². The van der Waals surface area contributed by atoms with E-state index in [2.05, 4.69) is 48.5 Å². The molecule has 0 amide bonds. The zero-order valence-corrected chi connectivity index (χ0v) is 71.0. The molecular formula is C86H168O17P2. The van der Waals surface area contributed by atoms with Crippen LogP contribution in [0.2, 0.25) is 0 Å². The number of hydrogen-bond donors (Lipinski definition) is 3. The van der Waals surface area contributed by atoms with Crippen molar-refractivity contribution < 1.29 is 80.2 Å². The fourth-order valence-electron chi connectivity index (χ4n) is 13.3. The van der Waals surface area contributed by atoms with Gasteiger partial charge in [-0.2, -0.15) is 0 Å². The molecule has 19 heteroatoms. The van der Waals surface area contributed by atoms with Crippen LogP contribution in [0.3, 0.4) is 0 Å². The predicted octanol–water partition coefficient (Wildman–Crippen LogP) is 26.1. The van der Waals surface area contributed by atoms with E-state index in [-0.39, 0.29) is 25.7 Å². The summed E-state index contributed by atoms with van der Waals surface area (Å²) in [5, 5.41) is 10.7. The van der Waals surface area contributed by atoms with E-state index >= 15 is 0 Å². The van der Waals surface area contributed by atoms with Crippen LogP contribution in [0.4, 0.5) is 0 Å². The maximum absolute atomic E-state index is 13.1. The zero-order chi connectivity index (χ0) is 77.2. The number of ether oxygens (including phenoxy) is 4. The van der Waals surface area contributed by atoms with Gasteiger partial charge in [0.15, 0.2) is 12.2 Å². The molecule has 105 heavy (non-hydrogen) atoms. The summed E-state index contributed by atoms with van der Waals surface area (Å²) < 4.78 is 68.9. The normalized spacial score (nSPS) is 14.1. The number of aliphatic hydroxyl groups is 1. The van der Waals surface area contributed by atoms with Crippen molar-refractivity contribution in [2.75, 3.05) is 39.6 Å². The highest BCUT2D eigenvalue weighted by molar-refractivity contribution is 7.47. The Labute approximate surface area is 645 Å². The van der Waals surface area contributed by atoms with Gasteiger partial charge in [-0.3, -0.25) is 37.3 Å². The summed E-state index contributed by atoms with van der Waals surface area (Å²) in [6.07, 6.45) is 66.6. The summed E-state index contributed by atoms with van der Waals surface area (Å²) >= 11 is 0. The van der Waals surface area contributed by atoms with Crippen LogP contribution >= 0.6 is 15.6 Å². The molecule has 6 atom stereocenters. The lowest BCUT2D eigenvalue weighted by molar-refractivity contribution is -0.161. The molecule has 3 N–H and O–H groups in total. The van der Waals surface area contributed by atoms with Crippen LogP contribution < -0.4 is 0 Å². The van der Waals surface area contributed by atoms with Gasteiger partial charge in [0.25, 0.3) is 0 Å². The molecule has 0 aromatic rings. The van der Waals surface area contributed by atoms with E-state index in [0.29, 0.717) is 25.7 Å². The molecular weight excluding hydrogens is 1370 g/mol. The topological polar surface area (TPSA) is 237 Å². The highest BCUT2D eigenvalue weighted by Gasteiger charge is 2.30. The van der Waals surface area contributed by atoms with Crippen molar-refractivity contribution in [1.82, 2.24) is 0 Å². The van der Waals surface area contributed by atoms with Gasteiger partial charge < -0.3 is 33.8 Å². The molecule has 0 saturated carbocycles. The molecule has 3 unspecified atom stereocenters. The molecule has 0 aromatic heterocycles. The van der Waals surface area contributed by atoms with Gasteiger partial charge in [-0.15, -0.1) is 0 Å². The summed E-state index contributed by atoms with van der Waals surface area (Å²) in [6.45, 7) is 12.0. The molecule has 0 bridgehead atoms. The molecule has 0 heterocycles. The summed E-state index contributed by atoms with van der Waals surface area (Å²) in [5.41, 5.74) is 0. The number of carbonyl (C=O) groups excluding carboxylic acids is 4. The molecule has 0 spiro atoms. The fourth-order valence-corrected chi connectivity index (χ4v) is 14.9. The van der Waals surface area contributed by atoms with Crippen molar-refractivity contribution in [3.63, 3.8) is 0 Å². The summed E-state index contributed by atoms with van der Waals surface area (Å²) in [6, 6.07) is 0. The molecule has 0 radical (unpaired) electrons. The lowest BCUT2D eigenvalue weighted by atomic mass is 9.99. The lowest BCUT2D eigenvalue weighted by Gasteiger charge is -2.21. The maximum Gasteiger partial charge on any atom is 0.472 e. The Morgan fingerprint density at radius 3 is 0.724 bits per heavy atom. The van der Waals surface area contributed by atoms with Crippen LogP contribution in [0.15, 0.2) is 0 Å². The third-order valence-electron chi connectivity index (χ3n) is 20.5. The molecule has 0 fully saturated rings. The zero-order valence-electron chi connectivity index (χ0n) is 69.2. The molecule has 0 rings (SSSR count). The molecule has 0 aliphatic carbocycles. The van der Waals surface area contributed by atoms with Crippen LogP contribution in [-0.4, -0.2) is 96.7 Å². The fraction of sp³-hybridized carbons (Fsp3) is 0.953. The second-order valence-electron chi connectivity index (χ2n) is 32.1. The van der Waals surface area contributed by atoms with Gasteiger partial charge >= 0.3 is 39.5 Å².